The zero-order valence-corrected chi connectivity index (χ0v) is 41.6. The highest BCUT2D eigenvalue weighted by molar-refractivity contribution is 5.76. The lowest BCUT2D eigenvalue weighted by Crippen LogP contribution is -2.65. The molecule has 14 heteroatoms. The first-order valence-electron chi connectivity index (χ1n) is 26.7. The number of allylic oxidation sites excluding steroid dienone is 5. The maximum Gasteiger partial charge on any atom is 0.220 e. The van der Waals surface area contributed by atoms with E-state index in [4.69, 9.17) is 18.9 Å². The minimum atomic E-state index is -1.79. The Kier molecular flexibility index (Phi) is 36.5. The maximum absolute atomic E-state index is 13.2. The van der Waals surface area contributed by atoms with Crippen LogP contribution < -0.4 is 5.32 Å². The number of hydrogen-bond donors (Lipinski definition) is 9. The lowest BCUT2D eigenvalue weighted by Gasteiger charge is -2.46. The average Bonchev–Trinajstić information content (AvgIpc) is 3.32. The van der Waals surface area contributed by atoms with Gasteiger partial charge in [0, 0.05) is 6.42 Å². The Morgan fingerprint density at radius 3 is 1.45 bits per heavy atom. The van der Waals surface area contributed by atoms with E-state index in [1.54, 1.807) is 6.08 Å². The molecule has 0 saturated carbocycles. The lowest BCUT2D eigenvalue weighted by molar-refractivity contribution is -0.359. The molecule has 2 rings (SSSR count). The molecule has 1 amide bonds. The Morgan fingerprint density at radius 1 is 0.537 bits per heavy atom. The first-order chi connectivity index (χ1) is 32.6. The van der Waals surface area contributed by atoms with Crippen molar-refractivity contribution in [2.24, 2.45) is 0 Å². The lowest BCUT2D eigenvalue weighted by atomic mass is 9.97. The van der Waals surface area contributed by atoms with E-state index in [2.05, 4.69) is 43.5 Å². The van der Waals surface area contributed by atoms with Crippen molar-refractivity contribution in [3.63, 3.8) is 0 Å². The molecule has 2 saturated heterocycles. The summed E-state index contributed by atoms with van der Waals surface area (Å²) in [7, 11) is 0. The van der Waals surface area contributed by atoms with E-state index in [9.17, 15) is 45.6 Å². The van der Waals surface area contributed by atoms with Crippen LogP contribution in [0.5, 0.6) is 0 Å². The number of hydrogen-bond acceptors (Lipinski definition) is 13. The second kappa shape index (κ2) is 39.9. The van der Waals surface area contributed by atoms with Crippen LogP contribution >= 0.6 is 0 Å². The van der Waals surface area contributed by atoms with Gasteiger partial charge >= 0.3 is 0 Å². The zero-order chi connectivity index (χ0) is 48.9. The van der Waals surface area contributed by atoms with Gasteiger partial charge in [-0.15, -0.1) is 0 Å². The SMILES string of the molecule is CC/C=C/CC/C=C/CC/C=C/C(O)C(COC1OC(CO)C(OC2OC(CO)C(O)C(O)C2O)C(O)C1O)NC(=O)CCCCCCCCCCCCCCCCCCCCCCCCC. The molecular formula is C53H97NO13. The zero-order valence-electron chi connectivity index (χ0n) is 41.6. The van der Waals surface area contributed by atoms with Crippen LogP contribution in [0.25, 0.3) is 0 Å². The van der Waals surface area contributed by atoms with Crippen molar-refractivity contribution in [1.82, 2.24) is 5.32 Å². The predicted molar refractivity (Wildman–Crippen MR) is 263 cm³/mol. The van der Waals surface area contributed by atoms with Crippen molar-refractivity contribution in [3.8, 4) is 0 Å². The quantitative estimate of drug-likeness (QED) is 0.0214. The van der Waals surface area contributed by atoms with Gasteiger partial charge in [0.2, 0.25) is 5.91 Å². The summed E-state index contributed by atoms with van der Waals surface area (Å²) in [6.45, 7) is 2.64. The summed E-state index contributed by atoms with van der Waals surface area (Å²) < 4.78 is 22.6. The molecule has 12 atom stereocenters. The number of unbranched alkanes of at least 4 members (excludes halogenated alkanes) is 24. The number of aliphatic hydroxyl groups is 8. The fourth-order valence-corrected chi connectivity index (χ4v) is 8.74. The minimum Gasteiger partial charge on any atom is -0.394 e. The van der Waals surface area contributed by atoms with Gasteiger partial charge in [0.1, 0.15) is 48.8 Å². The molecule has 2 aliphatic rings. The third-order valence-corrected chi connectivity index (χ3v) is 13.1. The summed E-state index contributed by atoms with van der Waals surface area (Å²) in [5, 5.41) is 86.6. The van der Waals surface area contributed by atoms with Gasteiger partial charge in [-0.05, 0) is 38.5 Å². The number of aliphatic hydroxyl groups excluding tert-OH is 8. The minimum absolute atomic E-state index is 0.254. The van der Waals surface area contributed by atoms with E-state index >= 15 is 0 Å². The Hall–Kier alpha value is -1.79. The Labute approximate surface area is 404 Å². The molecule has 0 aromatic rings. The van der Waals surface area contributed by atoms with Crippen LogP contribution in [0.3, 0.4) is 0 Å². The summed E-state index contributed by atoms with van der Waals surface area (Å²) >= 11 is 0. The third kappa shape index (κ3) is 26.8. The molecule has 2 fully saturated rings. The summed E-state index contributed by atoms with van der Waals surface area (Å²) in [5.74, 6) is -0.254. The van der Waals surface area contributed by atoms with Crippen LogP contribution in [0.15, 0.2) is 36.5 Å². The molecule has 0 spiro atoms. The standard InChI is InChI=1S/C53H97NO13/c1-3-5-7-9-11-13-15-16-17-18-19-20-21-22-23-24-25-26-27-29-31-33-35-37-45(58)54-41(42(57)36-34-32-30-28-14-12-10-8-6-4-2)40-64-52-50(63)48(61)51(44(39-56)66-52)67-53-49(62)47(60)46(59)43(38-55)65-53/h6,8,14,28,34,36,41-44,46-53,55-57,59-63H,3-5,7,9-13,15-27,29-33,35,37-40H2,1-2H3,(H,54,58)/b8-6+,28-14+,36-34+. The molecule has 0 aliphatic carbocycles. The smallest absolute Gasteiger partial charge is 0.220 e. The van der Waals surface area contributed by atoms with E-state index in [1.807, 2.05) is 6.08 Å². The predicted octanol–water partition coefficient (Wildman–Crippen LogP) is 7.49. The highest BCUT2D eigenvalue weighted by atomic mass is 16.7. The number of amides is 1. The molecule has 67 heavy (non-hydrogen) atoms. The monoisotopic (exact) mass is 956 g/mol. The van der Waals surface area contributed by atoms with Gasteiger partial charge in [-0.3, -0.25) is 4.79 Å². The second-order valence-electron chi connectivity index (χ2n) is 19.0. The topological polar surface area (TPSA) is 228 Å². The fourth-order valence-electron chi connectivity index (χ4n) is 8.74. The molecule has 0 aromatic heterocycles. The number of ether oxygens (including phenoxy) is 4. The van der Waals surface area contributed by atoms with Gasteiger partial charge in [-0.1, -0.05) is 192 Å². The first kappa shape index (κ1) is 61.3. The third-order valence-electron chi connectivity index (χ3n) is 13.1. The molecular weight excluding hydrogens is 859 g/mol. The fraction of sp³-hybridized carbons (Fsp3) is 0.868. The molecule has 0 aromatic carbocycles. The summed E-state index contributed by atoms with van der Waals surface area (Å²) in [6, 6.07) is -0.933. The summed E-state index contributed by atoms with van der Waals surface area (Å²) in [5.41, 5.74) is 0. The molecule has 2 aliphatic heterocycles. The van der Waals surface area contributed by atoms with E-state index in [0.717, 1.165) is 44.9 Å². The van der Waals surface area contributed by atoms with E-state index in [-0.39, 0.29) is 18.9 Å². The normalized spacial score (nSPS) is 26.8. The van der Waals surface area contributed by atoms with Crippen molar-refractivity contribution >= 4 is 5.91 Å². The summed E-state index contributed by atoms with van der Waals surface area (Å²) in [6.07, 6.45) is 29.3. The van der Waals surface area contributed by atoms with Crippen LogP contribution in [0.2, 0.25) is 0 Å². The van der Waals surface area contributed by atoms with Crippen molar-refractivity contribution in [3.05, 3.63) is 36.5 Å². The molecule has 9 N–H and O–H groups in total. The Morgan fingerprint density at radius 2 is 0.970 bits per heavy atom. The van der Waals surface area contributed by atoms with Crippen LogP contribution in [0.4, 0.5) is 0 Å². The molecule has 12 unspecified atom stereocenters. The van der Waals surface area contributed by atoms with Gasteiger partial charge in [-0.25, -0.2) is 0 Å². The highest BCUT2D eigenvalue weighted by Gasteiger charge is 2.51. The van der Waals surface area contributed by atoms with Gasteiger partial charge in [0.15, 0.2) is 12.6 Å². The van der Waals surface area contributed by atoms with Gasteiger partial charge in [0.25, 0.3) is 0 Å². The number of rotatable bonds is 41. The van der Waals surface area contributed by atoms with Crippen LogP contribution in [-0.4, -0.2) is 140 Å². The molecule has 2 heterocycles. The van der Waals surface area contributed by atoms with Crippen molar-refractivity contribution in [2.45, 2.75) is 274 Å². The van der Waals surface area contributed by atoms with Crippen molar-refractivity contribution < 1.29 is 64.6 Å². The number of carbonyl (C=O) groups is 1. The molecule has 392 valence electrons. The largest absolute Gasteiger partial charge is 0.394 e. The van der Waals surface area contributed by atoms with E-state index in [0.29, 0.717) is 12.8 Å². The molecule has 0 radical (unpaired) electrons. The molecule has 14 nitrogen and oxygen atoms in total. The average molecular weight is 956 g/mol. The van der Waals surface area contributed by atoms with Crippen molar-refractivity contribution in [2.75, 3.05) is 19.8 Å². The van der Waals surface area contributed by atoms with Crippen LogP contribution in [-0.2, 0) is 23.7 Å². The summed E-state index contributed by atoms with van der Waals surface area (Å²) in [4.78, 5) is 13.2. The van der Waals surface area contributed by atoms with Crippen molar-refractivity contribution in [1.29, 1.82) is 0 Å². The van der Waals surface area contributed by atoms with Gasteiger partial charge in [0.05, 0.1) is 32.0 Å². The van der Waals surface area contributed by atoms with Gasteiger partial charge < -0.3 is 65.1 Å². The first-order valence-corrected chi connectivity index (χ1v) is 26.7. The van der Waals surface area contributed by atoms with E-state index < -0.39 is 86.8 Å². The second-order valence-corrected chi connectivity index (χ2v) is 19.0. The number of carbonyl (C=O) groups excluding carboxylic acids is 1. The van der Waals surface area contributed by atoms with Crippen LogP contribution in [0, 0.1) is 0 Å². The van der Waals surface area contributed by atoms with E-state index in [1.165, 1.54) is 122 Å². The number of nitrogens with one attached hydrogen (secondary N) is 1. The van der Waals surface area contributed by atoms with Gasteiger partial charge in [-0.2, -0.15) is 0 Å². The Bertz CT molecular complexity index is 1270. The maximum atomic E-state index is 13.2. The highest BCUT2D eigenvalue weighted by Crippen LogP contribution is 2.30. The van der Waals surface area contributed by atoms with Crippen LogP contribution in [0.1, 0.15) is 200 Å². The Balaban J connectivity index is 1.74. The molecule has 0 bridgehead atoms.